The molecule has 3 rings (SSSR count). The molecule has 204 valence electrons. The molecule has 0 aliphatic heterocycles. The zero-order valence-corrected chi connectivity index (χ0v) is 23.8. The average Bonchev–Trinajstić information content (AvgIpc) is 3.51. The van der Waals surface area contributed by atoms with Gasteiger partial charge in [0, 0.05) is 29.8 Å². The van der Waals surface area contributed by atoms with Crippen molar-refractivity contribution in [3.63, 3.8) is 0 Å². The summed E-state index contributed by atoms with van der Waals surface area (Å²) in [5, 5.41) is 14.2. The summed E-state index contributed by atoms with van der Waals surface area (Å²) in [5.41, 5.74) is 6.55. The van der Waals surface area contributed by atoms with Crippen molar-refractivity contribution in [1.82, 2.24) is 20.5 Å². The van der Waals surface area contributed by atoms with Crippen LogP contribution in [-0.4, -0.2) is 27.0 Å². The fraction of sp³-hybridized carbons (Fsp3) is 0.407. The molecule has 9 nitrogen and oxygen atoms in total. The van der Waals surface area contributed by atoms with E-state index in [1.54, 1.807) is 6.20 Å². The standard InChI is InChI=1S/C27H36N6O3S2/c1-18(38-25(15-28)37-17-24-29-16-21(36-24)27(2,3)4)30-22(34)13-7-5-6-8-14-23(35)31-26-19-11-9-10-12-20(19)32-33-26/h9-12,15-16H,1,5-8,13-14,17,28H2,2-4H3,(H,30,34)(H2,31,32,33,35)/b25-15-. The third kappa shape index (κ3) is 9.29. The Labute approximate surface area is 231 Å². The molecule has 38 heavy (non-hydrogen) atoms. The predicted molar refractivity (Wildman–Crippen MR) is 156 cm³/mol. The quantitative estimate of drug-likeness (QED) is 0.174. The van der Waals surface area contributed by atoms with Gasteiger partial charge in [0.25, 0.3) is 0 Å². The van der Waals surface area contributed by atoms with Crippen LogP contribution in [0.3, 0.4) is 0 Å². The molecule has 0 unspecified atom stereocenters. The van der Waals surface area contributed by atoms with E-state index in [1.165, 1.54) is 29.7 Å². The van der Waals surface area contributed by atoms with Crippen LogP contribution in [0.5, 0.6) is 0 Å². The van der Waals surface area contributed by atoms with Gasteiger partial charge in [-0.1, -0.05) is 64.1 Å². The van der Waals surface area contributed by atoms with Crippen LogP contribution in [0.15, 0.2) is 56.9 Å². The monoisotopic (exact) mass is 556 g/mol. The number of carbonyl (C=O) groups excluding carboxylic acids is 2. The number of thioether (sulfide) groups is 2. The van der Waals surface area contributed by atoms with Gasteiger partial charge < -0.3 is 20.8 Å². The summed E-state index contributed by atoms with van der Waals surface area (Å²) in [5.74, 6) is 2.40. The summed E-state index contributed by atoms with van der Waals surface area (Å²) in [6, 6.07) is 7.66. The molecular formula is C27H36N6O3S2. The molecule has 2 heterocycles. The van der Waals surface area contributed by atoms with Gasteiger partial charge in [0.15, 0.2) is 5.82 Å². The first-order chi connectivity index (χ1) is 18.2. The number of carbonyl (C=O) groups is 2. The smallest absolute Gasteiger partial charge is 0.225 e. The Hall–Kier alpha value is -3.18. The molecular weight excluding hydrogens is 520 g/mol. The maximum atomic E-state index is 12.3. The van der Waals surface area contributed by atoms with Crippen LogP contribution in [0, 0.1) is 0 Å². The van der Waals surface area contributed by atoms with Gasteiger partial charge in [0.05, 0.1) is 26.7 Å². The summed E-state index contributed by atoms with van der Waals surface area (Å²) >= 11 is 2.79. The van der Waals surface area contributed by atoms with Gasteiger partial charge in [0.1, 0.15) is 5.76 Å². The number of nitrogens with two attached hydrogens (primary N) is 1. The van der Waals surface area contributed by atoms with Crippen LogP contribution in [0.4, 0.5) is 5.82 Å². The molecule has 0 saturated carbocycles. The fourth-order valence-corrected chi connectivity index (χ4v) is 5.20. The zero-order chi connectivity index (χ0) is 27.5. The molecule has 0 saturated heterocycles. The van der Waals surface area contributed by atoms with Crippen LogP contribution >= 0.6 is 23.5 Å². The molecule has 2 aromatic heterocycles. The maximum Gasteiger partial charge on any atom is 0.225 e. The number of aromatic nitrogens is 3. The summed E-state index contributed by atoms with van der Waals surface area (Å²) in [6.45, 7) is 10.1. The van der Waals surface area contributed by atoms with E-state index < -0.39 is 0 Å². The molecule has 3 aromatic rings. The highest BCUT2D eigenvalue weighted by molar-refractivity contribution is 8.23. The fourth-order valence-electron chi connectivity index (χ4n) is 3.51. The van der Waals surface area contributed by atoms with E-state index in [0.29, 0.717) is 35.3 Å². The topological polar surface area (TPSA) is 139 Å². The van der Waals surface area contributed by atoms with Crippen molar-refractivity contribution in [1.29, 1.82) is 0 Å². The Bertz CT molecular complexity index is 1280. The first kappa shape index (κ1) is 29.4. The van der Waals surface area contributed by atoms with Crippen molar-refractivity contribution in [2.24, 2.45) is 5.73 Å². The number of para-hydroxylation sites is 1. The second kappa shape index (κ2) is 14.1. The van der Waals surface area contributed by atoms with Gasteiger partial charge >= 0.3 is 0 Å². The summed E-state index contributed by atoms with van der Waals surface area (Å²) < 4.78 is 6.61. The highest BCUT2D eigenvalue weighted by Crippen LogP contribution is 2.34. The van der Waals surface area contributed by atoms with E-state index in [-0.39, 0.29) is 17.2 Å². The highest BCUT2D eigenvalue weighted by atomic mass is 32.2. The van der Waals surface area contributed by atoms with Crippen molar-refractivity contribution in [3.05, 3.63) is 64.2 Å². The number of hydrogen-bond donors (Lipinski definition) is 4. The van der Waals surface area contributed by atoms with Crippen molar-refractivity contribution >= 4 is 52.1 Å². The molecule has 2 amide bonds. The molecule has 5 N–H and O–H groups in total. The van der Waals surface area contributed by atoms with E-state index in [1.807, 2.05) is 24.3 Å². The maximum absolute atomic E-state index is 12.3. The number of unbranched alkanes of at least 4 members (excludes halogenated alkanes) is 3. The number of aromatic amines is 1. The molecule has 0 radical (unpaired) electrons. The third-order valence-corrected chi connectivity index (χ3v) is 7.66. The summed E-state index contributed by atoms with van der Waals surface area (Å²) in [7, 11) is 0. The SMILES string of the molecule is C=C(NC(=O)CCCCCCC(=O)Nc1n[nH]c2ccccc12)S/C(=C\N)SCc1ncc(C(C)(C)C)o1. The summed E-state index contributed by atoms with van der Waals surface area (Å²) in [4.78, 5) is 28.8. The molecule has 0 fully saturated rings. The molecule has 1 aromatic carbocycles. The normalized spacial score (nSPS) is 12.0. The summed E-state index contributed by atoms with van der Waals surface area (Å²) in [6.07, 6.45) is 7.28. The van der Waals surface area contributed by atoms with E-state index in [0.717, 1.165) is 46.6 Å². The Balaban J connectivity index is 1.26. The van der Waals surface area contributed by atoms with Gasteiger partial charge in [0.2, 0.25) is 17.7 Å². The Morgan fingerprint density at radius 3 is 2.53 bits per heavy atom. The third-order valence-electron chi connectivity index (χ3n) is 5.56. The Kier molecular flexibility index (Phi) is 10.9. The van der Waals surface area contributed by atoms with Crippen LogP contribution in [-0.2, 0) is 20.8 Å². The molecule has 0 spiro atoms. The number of H-pyrrole nitrogens is 1. The number of amides is 2. The average molecular weight is 557 g/mol. The second-order valence-corrected chi connectivity index (χ2v) is 12.2. The van der Waals surface area contributed by atoms with Crippen LogP contribution in [0.1, 0.15) is 70.9 Å². The van der Waals surface area contributed by atoms with Crippen molar-refractivity contribution in [2.45, 2.75) is 70.5 Å². The highest BCUT2D eigenvalue weighted by Gasteiger charge is 2.19. The first-order valence-corrected chi connectivity index (χ1v) is 14.4. The lowest BCUT2D eigenvalue weighted by Gasteiger charge is -2.13. The van der Waals surface area contributed by atoms with Crippen LogP contribution in [0.2, 0.25) is 0 Å². The Morgan fingerprint density at radius 2 is 1.84 bits per heavy atom. The lowest BCUT2D eigenvalue weighted by Crippen LogP contribution is -2.20. The number of nitrogens with one attached hydrogen (secondary N) is 3. The van der Waals surface area contributed by atoms with Crippen molar-refractivity contribution in [2.75, 3.05) is 5.32 Å². The van der Waals surface area contributed by atoms with Gasteiger partial charge in [-0.15, -0.1) is 11.8 Å². The number of fused-ring (bicyclic) bond motifs is 1. The van der Waals surface area contributed by atoms with Crippen molar-refractivity contribution in [3.8, 4) is 0 Å². The molecule has 11 heteroatoms. The van der Waals surface area contributed by atoms with Gasteiger partial charge in [-0.05, 0) is 25.0 Å². The number of nitrogens with zero attached hydrogens (tertiary/aromatic N) is 2. The van der Waals surface area contributed by atoms with E-state index in [9.17, 15) is 9.59 Å². The molecule has 0 aliphatic carbocycles. The number of benzene rings is 1. The van der Waals surface area contributed by atoms with Crippen molar-refractivity contribution < 1.29 is 14.0 Å². The first-order valence-electron chi connectivity index (χ1n) is 12.5. The minimum atomic E-state index is -0.0966. The minimum absolute atomic E-state index is 0.0626. The number of oxazole rings is 1. The predicted octanol–water partition coefficient (Wildman–Crippen LogP) is 6.14. The van der Waals surface area contributed by atoms with E-state index in [2.05, 4.69) is 53.2 Å². The molecule has 0 bridgehead atoms. The number of anilines is 1. The van der Waals surface area contributed by atoms with E-state index in [4.69, 9.17) is 10.2 Å². The van der Waals surface area contributed by atoms with Crippen LogP contribution in [0.25, 0.3) is 10.9 Å². The van der Waals surface area contributed by atoms with Crippen LogP contribution < -0.4 is 16.4 Å². The molecule has 0 atom stereocenters. The largest absolute Gasteiger partial charge is 0.444 e. The van der Waals surface area contributed by atoms with Gasteiger partial charge in [-0.25, -0.2) is 4.98 Å². The Morgan fingerprint density at radius 1 is 1.13 bits per heavy atom. The minimum Gasteiger partial charge on any atom is -0.444 e. The zero-order valence-electron chi connectivity index (χ0n) is 22.1. The van der Waals surface area contributed by atoms with E-state index >= 15 is 0 Å². The van der Waals surface area contributed by atoms with Gasteiger partial charge in [-0.2, -0.15) is 5.10 Å². The number of rotatable bonds is 14. The van der Waals surface area contributed by atoms with Gasteiger partial charge in [-0.3, -0.25) is 14.7 Å². The lowest BCUT2D eigenvalue weighted by molar-refractivity contribution is -0.120. The number of hydrogen-bond acceptors (Lipinski definition) is 8. The molecule has 0 aliphatic rings. The lowest BCUT2D eigenvalue weighted by atomic mass is 9.94. The second-order valence-electron chi connectivity index (χ2n) is 9.80.